The number of aromatic carboxylic acids is 1. The number of hydrogen-bond acceptors (Lipinski definition) is 4. The predicted octanol–water partition coefficient (Wildman–Crippen LogP) is 2.34. The van der Waals surface area contributed by atoms with Gasteiger partial charge in [0.2, 0.25) is 0 Å². The van der Waals surface area contributed by atoms with Gasteiger partial charge in [0.1, 0.15) is 11.3 Å². The van der Waals surface area contributed by atoms with Crippen molar-refractivity contribution in [2.75, 3.05) is 13.2 Å². The zero-order chi connectivity index (χ0) is 14.0. The molecule has 0 atom stereocenters. The van der Waals surface area contributed by atoms with Crippen LogP contribution < -0.4 is 0 Å². The van der Waals surface area contributed by atoms with E-state index in [0.29, 0.717) is 0 Å². The zero-order valence-electron chi connectivity index (χ0n) is 13.6. The quantitative estimate of drug-likeness (QED) is 0.644. The molecule has 1 rings (SSSR count). The third kappa shape index (κ3) is 10.2. The molecule has 1 aromatic carbocycles. The number of rotatable bonds is 5. The largest absolute Gasteiger partial charge is 2.00 e. The topological polar surface area (TPSA) is 76.0 Å². The Hall–Kier alpha value is -0.330. The first kappa shape index (κ1) is 21.0. The molecule has 0 fully saturated rings. The summed E-state index contributed by atoms with van der Waals surface area (Å²) in [7, 11) is 0. The molecular weight excluding hydrogens is 276 g/mol. The van der Waals surface area contributed by atoms with Gasteiger partial charge >= 0.3 is 43.7 Å². The first-order valence-electron chi connectivity index (χ1n) is 5.77. The van der Waals surface area contributed by atoms with Crippen LogP contribution in [-0.2, 0) is 9.47 Å². The van der Waals surface area contributed by atoms with Crippen LogP contribution in [0.2, 0.25) is 0 Å². The summed E-state index contributed by atoms with van der Waals surface area (Å²) >= 11 is 0. The van der Waals surface area contributed by atoms with Crippen molar-refractivity contribution in [3.8, 4) is 5.75 Å². The molecule has 0 aliphatic heterocycles. The number of aromatic hydroxyl groups is 1. The van der Waals surface area contributed by atoms with E-state index in [0.717, 1.165) is 13.2 Å². The van der Waals surface area contributed by atoms with Crippen molar-refractivity contribution < 1.29 is 27.3 Å². The van der Waals surface area contributed by atoms with E-state index < -0.39 is 5.97 Å². The third-order valence-corrected chi connectivity index (χ3v) is 1.94. The molecular formula is C13H22CaO5. The van der Waals surface area contributed by atoms with Gasteiger partial charge in [-0.1, -0.05) is 12.1 Å². The Balaban J connectivity index is -0.000000123. The number of phenols is 1. The van der Waals surface area contributed by atoms with E-state index in [1.807, 2.05) is 20.8 Å². The molecule has 0 aliphatic rings. The molecule has 6 heteroatoms. The minimum atomic E-state index is -1.11. The van der Waals surface area contributed by atoms with Crippen LogP contribution in [-0.4, -0.2) is 73.4 Å². The second-order valence-electron chi connectivity index (χ2n) is 3.30. The molecule has 2 N–H and O–H groups in total. The Kier molecular flexibility index (Phi) is 14.0. The van der Waals surface area contributed by atoms with Crippen LogP contribution in [0.1, 0.15) is 34.0 Å². The van der Waals surface area contributed by atoms with Gasteiger partial charge in [0.25, 0.3) is 0 Å². The van der Waals surface area contributed by atoms with E-state index in [-0.39, 0.29) is 58.2 Å². The van der Waals surface area contributed by atoms with Gasteiger partial charge in [-0.15, -0.1) is 0 Å². The standard InChI is InChI=1S/C7H6O3.C6H14O2.Ca.2H/c8-6-4-2-1-3-5(6)7(9)10;1-4-7-6(3)8-5-2;;;/h1-4,8H,(H,9,10);6H,4-5H2,1-3H3;;;/q;;+2;2*-1. The molecule has 1 aromatic rings. The molecule has 0 amide bonds. The van der Waals surface area contributed by atoms with Gasteiger partial charge < -0.3 is 22.5 Å². The summed E-state index contributed by atoms with van der Waals surface area (Å²) in [5.74, 6) is -1.31. The molecule has 0 heterocycles. The van der Waals surface area contributed by atoms with E-state index >= 15 is 0 Å². The fourth-order valence-corrected chi connectivity index (χ4v) is 1.17. The van der Waals surface area contributed by atoms with Crippen LogP contribution in [0.5, 0.6) is 5.75 Å². The molecule has 106 valence electrons. The van der Waals surface area contributed by atoms with Crippen LogP contribution >= 0.6 is 0 Å². The van der Waals surface area contributed by atoms with Gasteiger partial charge in [0.05, 0.1) is 0 Å². The van der Waals surface area contributed by atoms with Crippen LogP contribution in [0, 0.1) is 0 Å². The molecule has 0 spiro atoms. The van der Waals surface area contributed by atoms with E-state index in [9.17, 15) is 4.79 Å². The van der Waals surface area contributed by atoms with E-state index in [1.165, 1.54) is 12.1 Å². The van der Waals surface area contributed by atoms with Gasteiger partial charge in [0.15, 0.2) is 6.29 Å². The van der Waals surface area contributed by atoms with E-state index in [2.05, 4.69) is 0 Å². The third-order valence-electron chi connectivity index (χ3n) is 1.94. The molecule has 19 heavy (non-hydrogen) atoms. The SMILES string of the molecule is CCOC(C)OCC.O=C(O)c1ccccc1O.[Ca+2].[H-].[H-]. The van der Waals surface area contributed by atoms with Crippen LogP contribution in [0.4, 0.5) is 0 Å². The summed E-state index contributed by atoms with van der Waals surface area (Å²) in [6.45, 7) is 7.25. The molecule has 0 saturated carbocycles. The number of hydrogen-bond donors (Lipinski definition) is 2. The van der Waals surface area contributed by atoms with Gasteiger partial charge in [-0.2, -0.15) is 0 Å². The van der Waals surface area contributed by atoms with Crippen molar-refractivity contribution in [3.63, 3.8) is 0 Å². The van der Waals surface area contributed by atoms with Crippen molar-refractivity contribution in [2.45, 2.75) is 27.1 Å². The van der Waals surface area contributed by atoms with E-state index in [4.69, 9.17) is 19.7 Å². The number of benzene rings is 1. The van der Waals surface area contributed by atoms with Gasteiger partial charge in [-0.25, -0.2) is 4.79 Å². The summed E-state index contributed by atoms with van der Waals surface area (Å²) in [5.41, 5.74) is -0.0671. The van der Waals surface area contributed by atoms with Gasteiger partial charge in [-0.05, 0) is 32.9 Å². The fraction of sp³-hybridized carbons (Fsp3) is 0.462. The maximum absolute atomic E-state index is 10.3. The van der Waals surface area contributed by atoms with Crippen molar-refractivity contribution in [3.05, 3.63) is 29.8 Å². The first-order valence-corrected chi connectivity index (χ1v) is 5.77. The first-order chi connectivity index (χ1) is 8.52. The zero-order valence-corrected chi connectivity index (χ0v) is 13.8. The Labute approximate surface area is 146 Å². The Morgan fingerprint density at radius 2 is 1.74 bits per heavy atom. The number of carboxylic acid groups (broad SMARTS) is 1. The molecule has 0 aromatic heterocycles. The molecule has 0 aliphatic carbocycles. The Bertz CT molecular complexity index is 360. The van der Waals surface area contributed by atoms with Gasteiger partial charge in [0, 0.05) is 13.2 Å². The summed E-state index contributed by atoms with van der Waals surface area (Å²) in [6, 6.07) is 5.81. The minimum Gasteiger partial charge on any atom is -1.00 e. The van der Waals surface area contributed by atoms with Crippen molar-refractivity contribution >= 4 is 43.7 Å². The minimum absolute atomic E-state index is 0. The van der Waals surface area contributed by atoms with Gasteiger partial charge in [-0.3, -0.25) is 0 Å². The number of carbonyl (C=O) groups is 1. The summed E-state index contributed by atoms with van der Waals surface area (Å²) < 4.78 is 10.1. The molecule has 0 unspecified atom stereocenters. The molecule has 0 saturated heterocycles. The number of ether oxygens (including phenoxy) is 2. The van der Waals surface area contributed by atoms with Crippen molar-refractivity contribution in [2.24, 2.45) is 0 Å². The predicted molar refractivity (Wildman–Crippen MR) is 75.8 cm³/mol. The molecule has 0 bridgehead atoms. The second-order valence-corrected chi connectivity index (χ2v) is 3.30. The average molecular weight is 298 g/mol. The maximum atomic E-state index is 10.3. The number of carboxylic acids is 1. The summed E-state index contributed by atoms with van der Waals surface area (Å²) in [4.78, 5) is 10.3. The maximum Gasteiger partial charge on any atom is 2.00 e. The summed E-state index contributed by atoms with van der Waals surface area (Å²) in [5, 5.41) is 17.3. The summed E-state index contributed by atoms with van der Waals surface area (Å²) in [6.07, 6.45) is -0.0370. The van der Waals surface area contributed by atoms with Crippen molar-refractivity contribution in [1.82, 2.24) is 0 Å². The normalized spacial score (nSPS) is 9.26. The van der Waals surface area contributed by atoms with E-state index in [1.54, 1.807) is 12.1 Å². The Morgan fingerprint density at radius 3 is 2.05 bits per heavy atom. The smallest absolute Gasteiger partial charge is 1.00 e. The van der Waals surface area contributed by atoms with Crippen LogP contribution in [0.25, 0.3) is 0 Å². The monoisotopic (exact) mass is 298 g/mol. The fourth-order valence-electron chi connectivity index (χ4n) is 1.17. The molecule has 5 nitrogen and oxygen atoms in total. The molecule has 0 radical (unpaired) electrons. The second kappa shape index (κ2) is 12.7. The van der Waals surface area contributed by atoms with Crippen LogP contribution in [0.3, 0.4) is 0 Å². The average Bonchev–Trinajstić information content (AvgIpc) is 2.30. The van der Waals surface area contributed by atoms with Crippen LogP contribution in [0.15, 0.2) is 24.3 Å². The number of para-hydroxylation sites is 1. The van der Waals surface area contributed by atoms with Crippen molar-refractivity contribution in [1.29, 1.82) is 0 Å². The Morgan fingerprint density at radius 1 is 1.26 bits per heavy atom.